The second-order valence-corrected chi connectivity index (χ2v) is 8.55. The molecule has 3 nitrogen and oxygen atoms in total. The van der Waals surface area contributed by atoms with Crippen molar-refractivity contribution >= 4 is 5.91 Å². The highest BCUT2D eigenvalue weighted by molar-refractivity contribution is 5.82. The smallest absolute Gasteiger partial charge is 0.223 e. The quantitative estimate of drug-likeness (QED) is 0.705. The zero-order valence-corrected chi connectivity index (χ0v) is 16.7. The fraction of sp³-hybridized carbons (Fsp3) is 0.458. The molecule has 2 aromatic rings. The topological polar surface area (TPSA) is 32.3 Å². The van der Waals surface area contributed by atoms with E-state index in [9.17, 15) is 13.6 Å². The SMILES string of the molecule is O=C(NCCCc1ccccc1)C1CC12CCN(Cc1cc(F)cc(F)c1)CC2. The molecule has 1 saturated heterocycles. The molecule has 0 radical (unpaired) electrons. The van der Waals surface area contributed by atoms with Crippen molar-refractivity contribution in [2.45, 2.75) is 38.6 Å². The number of hydrogen-bond acceptors (Lipinski definition) is 2. The molecule has 1 unspecified atom stereocenters. The Bertz CT molecular complexity index is 827. The first kappa shape index (κ1) is 20.0. The lowest BCUT2D eigenvalue weighted by atomic mass is 9.90. The van der Waals surface area contributed by atoms with Crippen LogP contribution in [0.1, 0.15) is 36.8 Å². The molecule has 1 aliphatic carbocycles. The van der Waals surface area contributed by atoms with Gasteiger partial charge in [-0.1, -0.05) is 30.3 Å². The number of aryl methyl sites for hydroxylation is 1. The summed E-state index contributed by atoms with van der Waals surface area (Å²) in [4.78, 5) is 14.8. The van der Waals surface area contributed by atoms with E-state index in [2.05, 4.69) is 22.3 Å². The van der Waals surface area contributed by atoms with E-state index in [1.165, 1.54) is 17.7 Å². The third-order valence-corrected chi connectivity index (χ3v) is 6.47. The maximum absolute atomic E-state index is 13.4. The standard InChI is InChI=1S/C24H28F2N2O/c25-20-13-19(14-21(26)15-20)17-28-11-8-24(9-12-28)16-22(24)23(29)27-10-4-7-18-5-2-1-3-6-18/h1-3,5-6,13-15,22H,4,7-12,16-17H2,(H,27,29). The third kappa shape index (κ3) is 5.02. The lowest BCUT2D eigenvalue weighted by molar-refractivity contribution is -0.123. The van der Waals surface area contributed by atoms with Crippen LogP contribution in [0.2, 0.25) is 0 Å². The molecule has 1 heterocycles. The molecule has 1 N–H and O–H groups in total. The third-order valence-electron chi connectivity index (χ3n) is 6.47. The van der Waals surface area contributed by atoms with E-state index >= 15 is 0 Å². The van der Waals surface area contributed by atoms with Crippen molar-refractivity contribution in [3.05, 3.63) is 71.3 Å². The molecule has 154 valence electrons. The van der Waals surface area contributed by atoms with Gasteiger partial charge in [-0.15, -0.1) is 0 Å². The van der Waals surface area contributed by atoms with Crippen LogP contribution < -0.4 is 5.32 Å². The van der Waals surface area contributed by atoms with Crippen molar-refractivity contribution in [2.75, 3.05) is 19.6 Å². The first-order valence-electron chi connectivity index (χ1n) is 10.5. The molecule has 1 atom stereocenters. The summed E-state index contributed by atoms with van der Waals surface area (Å²) in [5.41, 5.74) is 2.12. The molecule has 5 heteroatoms. The minimum absolute atomic E-state index is 0.132. The summed E-state index contributed by atoms with van der Waals surface area (Å²) in [6.45, 7) is 3.02. The van der Waals surface area contributed by atoms with E-state index in [1.54, 1.807) is 0 Å². The van der Waals surface area contributed by atoms with Gasteiger partial charge in [-0.05, 0) is 73.9 Å². The van der Waals surface area contributed by atoms with Crippen molar-refractivity contribution < 1.29 is 13.6 Å². The minimum atomic E-state index is -0.528. The van der Waals surface area contributed by atoms with Crippen molar-refractivity contribution in [3.8, 4) is 0 Å². The highest BCUT2D eigenvalue weighted by atomic mass is 19.1. The highest BCUT2D eigenvalue weighted by Gasteiger charge is 2.58. The van der Waals surface area contributed by atoms with E-state index in [0.717, 1.165) is 57.8 Å². The molecule has 29 heavy (non-hydrogen) atoms. The summed E-state index contributed by atoms with van der Waals surface area (Å²) >= 11 is 0. The number of nitrogens with zero attached hydrogens (tertiary/aromatic N) is 1. The highest BCUT2D eigenvalue weighted by Crippen LogP contribution is 2.59. The molecule has 1 aliphatic heterocycles. The Morgan fingerprint density at radius 3 is 2.41 bits per heavy atom. The monoisotopic (exact) mass is 398 g/mol. The van der Waals surface area contributed by atoms with Crippen molar-refractivity contribution in [3.63, 3.8) is 0 Å². The van der Waals surface area contributed by atoms with Crippen molar-refractivity contribution in [2.24, 2.45) is 11.3 Å². The molecule has 1 spiro atoms. The van der Waals surface area contributed by atoms with Gasteiger partial charge in [0, 0.05) is 25.1 Å². The predicted octanol–water partition coefficient (Wildman–Crippen LogP) is 4.32. The zero-order valence-electron chi connectivity index (χ0n) is 16.7. The van der Waals surface area contributed by atoms with E-state index in [0.29, 0.717) is 12.1 Å². The van der Waals surface area contributed by atoms with Crippen LogP contribution in [-0.4, -0.2) is 30.4 Å². The van der Waals surface area contributed by atoms with Gasteiger partial charge >= 0.3 is 0 Å². The molecule has 1 saturated carbocycles. The Morgan fingerprint density at radius 2 is 1.72 bits per heavy atom. The van der Waals surface area contributed by atoms with Gasteiger partial charge in [0.25, 0.3) is 0 Å². The van der Waals surface area contributed by atoms with Crippen LogP contribution in [0.15, 0.2) is 48.5 Å². The van der Waals surface area contributed by atoms with Crippen molar-refractivity contribution in [1.82, 2.24) is 10.2 Å². The molecule has 1 amide bonds. The van der Waals surface area contributed by atoms with Crippen LogP contribution >= 0.6 is 0 Å². The second-order valence-electron chi connectivity index (χ2n) is 8.55. The number of piperidine rings is 1. The number of amides is 1. The van der Waals surface area contributed by atoms with E-state index in [1.807, 2.05) is 18.2 Å². The fourth-order valence-electron chi connectivity index (χ4n) is 4.66. The van der Waals surface area contributed by atoms with Gasteiger partial charge in [0.05, 0.1) is 0 Å². The molecule has 4 rings (SSSR count). The van der Waals surface area contributed by atoms with E-state index in [-0.39, 0.29) is 17.2 Å². The van der Waals surface area contributed by atoms with Gasteiger partial charge in [-0.2, -0.15) is 0 Å². The lowest BCUT2D eigenvalue weighted by Crippen LogP contribution is -2.37. The normalized spacial score (nSPS) is 20.6. The lowest BCUT2D eigenvalue weighted by Gasteiger charge is -2.32. The Kier molecular flexibility index (Phi) is 5.95. The maximum Gasteiger partial charge on any atom is 0.223 e. The summed E-state index contributed by atoms with van der Waals surface area (Å²) in [6.07, 6.45) is 4.86. The summed E-state index contributed by atoms with van der Waals surface area (Å²) in [7, 11) is 0. The summed E-state index contributed by atoms with van der Waals surface area (Å²) in [5, 5.41) is 3.11. The van der Waals surface area contributed by atoms with Gasteiger partial charge in [-0.3, -0.25) is 9.69 Å². The molecule has 2 fully saturated rings. The van der Waals surface area contributed by atoms with Crippen LogP contribution in [-0.2, 0) is 17.8 Å². The van der Waals surface area contributed by atoms with Crippen molar-refractivity contribution in [1.29, 1.82) is 0 Å². The number of carbonyl (C=O) groups excluding carboxylic acids is 1. The average molecular weight is 398 g/mol. The number of likely N-dealkylation sites (tertiary alicyclic amines) is 1. The number of halogens is 2. The Labute approximate surface area is 171 Å². The first-order valence-corrected chi connectivity index (χ1v) is 10.5. The molecular formula is C24H28F2N2O. The van der Waals surface area contributed by atoms with Crippen LogP contribution in [0.4, 0.5) is 8.78 Å². The number of nitrogens with one attached hydrogen (secondary N) is 1. The minimum Gasteiger partial charge on any atom is -0.356 e. The number of rotatable bonds is 7. The van der Waals surface area contributed by atoms with E-state index < -0.39 is 11.6 Å². The van der Waals surface area contributed by atoms with Gasteiger partial charge in [-0.25, -0.2) is 8.78 Å². The Balaban J connectivity index is 1.18. The number of hydrogen-bond donors (Lipinski definition) is 1. The van der Waals surface area contributed by atoms with Crippen LogP contribution in [0.25, 0.3) is 0 Å². The van der Waals surface area contributed by atoms with Gasteiger partial charge in [0.15, 0.2) is 0 Å². The Hall–Kier alpha value is -2.27. The van der Waals surface area contributed by atoms with Gasteiger partial charge < -0.3 is 5.32 Å². The summed E-state index contributed by atoms with van der Waals surface area (Å²) in [6, 6.07) is 14.0. The van der Waals surface area contributed by atoms with Gasteiger partial charge in [0.2, 0.25) is 5.91 Å². The predicted molar refractivity (Wildman–Crippen MR) is 109 cm³/mol. The summed E-state index contributed by atoms with van der Waals surface area (Å²) < 4.78 is 26.8. The average Bonchev–Trinajstić information content (AvgIpc) is 3.41. The second kappa shape index (κ2) is 8.62. The van der Waals surface area contributed by atoms with Crippen LogP contribution in [0.5, 0.6) is 0 Å². The molecule has 0 bridgehead atoms. The Morgan fingerprint density at radius 1 is 1.03 bits per heavy atom. The molecule has 0 aromatic heterocycles. The maximum atomic E-state index is 13.4. The molecule has 2 aliphatic rings. The van der Waals surface area contributed by atoms with Gasteiger partial charge in [0.1, 0.15) is 11.6 Å². The number of benzene rings is 2. The zero-order chi connectivity index (χ0) is 20.3. The first-order chi connectivity index (χ1) is 14.0. The van der Waals surface area contributed by atoms with Crippen LogP contribution in [0.3, 0.4) is 0 Å². The van der Waals surface area contributed by atoms with Crippen LogP contribution in [0, 0.1) is 23.0 Å². The molecule has 2 aromatic carbocycles. The fourth-order valence-corrected chi connectivity index (χ4v) is 4.66. The summed E-state index contributed by atoms with van der Waals surface area (Å²) in [5.74, 6) is -0.731. The molecular weight excluding hydrogens is 370 g/mol. The number of carbonyl (C=O) groups is 1. The van der Waals surface area contributed by atoms with E-state index in [4.69, 9.17) is 0 Å². The largest absolute Gasteiger partial charge is 0.356 e.